The first-order valence-corrected chi connectivity index (χ1v) is 8.62. The molecule has 0 bridgehead atoms. The molecular weight excluding hydrogens is 398 g/mol. The highest BCUT2D eigenvalue weighted by atomic mass is 79.9. The molecule has 1 aliphatic heterocycles. The summed E-state index contributed by atoms with van der Waals surface area (Å²) in [7, 11) is 1.27. The number of allylic oxidation sites excluding steroid dienone is 1. The Balaban J connectivity index is 2.15. The second kappa shape index (κ2) is 7.17. The summed E-state index contributed by atoms with van der Waals surface area (Å²) in [5, 5.41) is 10.0. The van der Waals surface area contributed by atoms with Gasteiger partial charge in [0.05, 0.1) is 18.3 Å². The van der Waals surface area contributed by atoms with Crippen molar-refractivity contribution >= 4 is 39.6 Å². The number of amides is 1. The summed E-state index contributed by atoms with van der Waals surface area (Å²) in [5.74, 6) is -0.928. The Hall–Kier alpha value is -2.86. The molecule has 0 unspecified atom stereocenters. The normalized spacial score (nSPS) is 15.7. The number of anilines is 1. The summed E-state index contributed by atoms with van der Waals surface area (Å²) in [6.45, 7) is 1.69. The van der Waals surface area contributed by atoms with Gasteiger partial charge in [0.15, 0.2) is 0 Å². The fourth-order valence-electron chi connectivity index (χ4n) is 2.85. The van der Waals surface area contributed by atoms with Crippen LogP contribution < -0.4 is 4.90 Å². The van der Waals surface area contributed by atoms with Crippen molar-refractivity contribution in [3.05, 3.63) is 75.4 Å². The lowest BCUT2D eigenvalue weighted by atomic mass is 10.0. The Morgan fingerprint density at radius 3 is 2.42 bits per heavy atom. The number of benzene rings is 2. The van der Waals surface area contributed by atoms with E-state index >= 15 is 0 Å². The highest BCUT2D eigenvalue weighted by Crippen LogP contribution is 2.36. The van der Waals surface area contributed by atoms with Crippen LogP contribution in [-0.4, -0.2) is 24.1 Å². The number of methoxy groups -OCH3 is 1. The zero-order valence-corrected chi connectivity index (χ0v) is 15.8. The van der Waals surface area contributed by atoms with Gasteiger partial charge in [0.2, 0.25) is 0 Å². The molecule has 1 amide bonds. The molecule has 0 atom stereocenters. The number of hydrogen-bond acceptors (Lipinski definition) is 4. The Bertz CT molecular complexity index is 945. The number of carbonyl (C=O) groups excluding carboxylic acids is 2. The van der Waals surface area contributed by atoms with Gasteiger partial charge in [-0.25, -0.2) is 4.79 Å². The summed E-state index contributed by atoms with van der Waals surface area (Å²) >= 11 is 3.37. The first-order valence-electron chi connectivity index (χ1n) is 7.83. The summed E-state index contributed by atoms with van der Waals surface area (Å²) in [4.78, 5) is 26.8. The molecular formula is C20H16BrNO4. The summed E-state index contributed by atoms with van der Waals surface area (Å²) in [5.41, 5.74) is 1.92. The van der Waals surface area contributed by atoms with Crippen LogP contribution in [0.2, 0.25) is 0 Å². The number of esters is 1. The lowest BCUT2D eigenvalue weighted by Gasteiger charge is -2.18. The van der Waals surface area contributed by atoms with E-state index in [0.717, 1.165) is 4.47 Å². The van der Waals surface area contributed by atoms with Crippen molar-refractivity contribution in [2.75, 3.05) is 12.0 Å². The van der Waals surface area contributed by atoms with Gasteiger partial charge in [-0.05, 0) is 43.3 Å². The van der Waals surface area contributed by atoms with Gasteiger partial charge in [0.1, 0.15) is 5.75 Å². The molecule has 3 rings (SSSR count). The number of rotatable bonds is 3. The standard InChI is InChI=1S/C20H16BrNO4/c1-12-18(20(25)26-2)16(11-13-5-3-4-6-17(13)23)19(24)22(12)15-9-7-14(21)8-10-15/h3-11,23H,1-2H3. The van der Waals surface area contributed by atoms with Crippen LogP contribution in [0.5, 0.6) is 5.75 Å². The maximum absolute atomic E-state index is 13.1. The van der Waals surface area contributed by atoms with Crippen LogP contribution in [0.1, 0.15) is 12.5 Å². The summed E-state index contributed by atoms with van der Waals surface area (Å²) in [6, 6.07) is 13.8. The largest absolute Gasteiger partial charge is 0.507 e. The summed E-state index contributed by atoms with van der Waals surface area (Å²) in [6.07, 6.45) is 1.51. The molecule has 6 heteroatoms. The Morgan fingerprint density at radius 1 is 1.15 bits per heavy atom. The molecule has 0 spiro atoms. The Labute approximate surface area is 159 Å². The minimum atomic E-state index is -0.600. The van der Waals surface area contributed by atoms with Crippen molar-refractivity contribution in [1.82, 2.24) is 0 Å². The van der Waals surface area contributed by atoms with Crippen LogP contribution in [-0.2, 0) is 14.3 Å². The quantitative estimate of drug-likeness (QED) is 0.609. The number of phenolic OH excluding ortho intramolecular Hbond substituents is 1. The minimum absolute atomic E-state index is 0.0248. The number of phenols is 1. The van der Waals surface area contributed by atoms with E-state index in [-0.39, 0.29) is 22.8 Å². The van der Waals surface area contributed by atoms with E-state index in [1.54, 1.807) is 37.3 Å². The van der Waals surface area contributed by atoms with E-state index in [9.17, 15) is 14.7 Å². The van der Waals surface area contributed by atoms with Gasteiger partial charge in [-0.3, -0.25) is 9.69 Å². The second-order valence-corrected chi connectivity index (χ2v) is 6.60. The zero-order chi connectivity index (χ0) is 18.8. The average molecular weight is 414 g/mol. The lowest BCUT2D eigenvalue weighted by Crippen LogP contribution is -2.24. The van der Waals surface area contributed by atoms with Crippen LogP contribution in [0.4, 0.5) is 5.69 Å². The van der Waals surface area contributed by atoms with Gasteiger partial charge < -0.3 is 9.84 Å². The van der Waals surface area contributed by atoms with Crippen LogP contribution >= 0.6 is 15.9 Å². The molecule has 132 valence electrons. The first kappa shape index (κ1) is 17.9. The minimum Gasteiger partial charge on any atom is -0.507 e. The van der Waals surface area contributed by atoms with E-state index in [2.05, 4.69) is 15.9 Å². The van der Waals surface area contributed by atoms with E-state index in [4.69, 9.17) is 4.74 Å². The molecule has 26 heavy (non-hydrogen) atoms. The van der Waals surface area contributed by atoms with Gasteiger partial charge in [0.25, 0.3) is 5.91 Å². The number of ether oxygens (including phenoxy) is 1. The Kier molecular flexibility index (Phi) is 4.95. The smallest absolute Gasteiger partial charge is 0.340 e. The molecule has 2 aromatic rings. The fourth-order valence-corrected chi connectivity index (χ4v) is 3.11. The zero-order valence-electron chi connectivity index (χ0n) is 14.2. The van der Waals surface area contributed by atoms with Crippen LogP contribution in [0, 0.1) is 0 Å². The van der Waals surface area contributed by atoms with Crippen LogP contribution in [0.25, 0.3) is 6.08 Å². The number of carbonyl (C=O) groups is 2. The third-order valence-electron chi connectivity index (χ3n) is 4.11. The molecule has 0 aromatic heterocycles. The summed E-state index contributed by atoms with van der Waals surface area (Å²) < 4.78 is 5.75. The maximum atomic E-state index is 13.1. The van der Waals surface area contributed by atoms with Crippen LogP contribution in [0.15, 0.2) is 69.8 Å². The van der Waals surface area contributed by atoms with Gasteiger partial charge in [-0.15, -0.1) is 0 Å². The van der Waals surface area contributed by atoms with E-state index in [1.165, 1.54) is 24.2 Å². The topological polar surface area (TPSA) is 66.8 Å². The van der Waals surface area contributed by atoms with Crippen molar-refractivity contribution in [2.45, 2.75) is 6.92 Å². The monoisotopic (exact) mass is 413 g/mol. The average Bonchev–Trinajstić information content (AvgIpc) is 2.87. The number of hydrogen-bond donors (Lipinski definition) is 1. The van der Waals surface area contributed by atoms with Crippen molar-refractivity contribution in [2.24, 2.45) is 0 Å². The molecule has 1 aliphatic rings. The number of aromatic hydroxyl groups is 1. The van der Waals surface area contributed by atoms with Crippen molar-refractivity contribution in [1.29, 1.82) is 0 Å². The second-order valence-electron chi connectivity index (χ2n) is 5.69. The lowest BCUT2D eigenvalue weighted by molar-refractivity contribution is -0.136. The molecule has 0 radical (unpaired) electrons. The third-order valence-corrected chi connectivity index (χ3v) is 4.64. The molecule has 0 aliphatic carbocycles. The SMILES string of the molecule is COC(=O)C1=C(C)N(c2ccc(Br)cc2)C(=O)C1=Cc1ccccc1O. The van der Waals surface area contributed by atoms with Crippen molar-refractivity contribution < 1.29 is 19.4 Å². The number of halogens is 1. The molecule has 0 fully saturated rings. The van der Waals surface area contributed by atoms with E-state index < -0.39 is 5.97 Å². The van der Waals surface area contributed by atoms with Gasteiger partial charge >= 0.3 is 5.97 Å². The van der Waals surface area contributed by atoms with Crippen molar-refractivity contribution in [3.63, 3.8) is 0 Å². The highest BCUT2D eigenvalue weighted by Gasteiger charge is 2.37. The predicted molar refractivity (Wildman–Crippen MR) is 102 cm³/mol. The molecule has 2 aromatic carbocycles. The molecule has 1 N–H and O–H groups in total. The highest BCUT2D eigenvalue weighted by molar-refractivity contribution is 9.10. The third kappa shape index (κ3) is 3.15. The predicted octanol–water partition coefficient (Wildman–Crippen LogP) is 4.03. The van der Waals surface area contributed by atoms with Crippen LogP contribution in [0.3, 0.4) is 0 Å². The van der Waals surface area contributed by atoms with Crippen molar-refractivity contribution in [3.8, 4) is 5.75 Å². The molecule has 0 saturated carbocycles. The van der Waals surface area contributed by atoms with Gasteiger partial charge in [-0.1, -0.05) is 34.1 Å². The molecule has 5 nitrogen and oxygen atoms in total. The molecule has 0 saturated heterocycles. The van der Waals surface area contributed by atoms with E-state index in [0.29, 0.717) is 16.9 Å². The first-order chi connectivity index (χ1) is 12.4. The Morgan fingerprint density at radius 2 is 1.81 bits per heavy atom. The number of para-hydroxylation sites is 1. The molecule has 1 heterocycles. The number of nitrogens with zero attached hydrogens (tertiary/aromatic N) is 1. The van der Waals surface area contributed by atoms with E-state index in [1.807, 2.05) is 12.1 Å². The van der Waals surface area contributed by atoms with Gasteiger partial charge in [-0.2, -0.15) is 0 Å². The fraction of sp³-hybridized carbons (Fsp3) is 0.100. The van der Waals surface area contributed by atoms with Gasteiger partial charge in [0, 0.05) is 21.4 Å². The maximum Gasteiger partial charge on any atom is 0.340 e.